The summed E-state index contributed by atoms with van der Waals surface area (Å²) < 4.78 is 6.33. The fourth-order valence-electron chi connectivity index (χ4n) is 1.82. The Bertz CT molecular complexity index is 779. The van der Waals surface area contributed by atoms with Gasteiger partial charge in [0.05, 0.1) is 16.7 Å². The molecule has 0 aliphatic rings. The predicted molar refractivity (Wildman–Crippen MR) is 93.1 cm³/mol. The van der Waals surface area contributed by atoms with Gasteiger partial charge in [-0.15, -0.1) is 0 Å². The maximum Gasteiger partial charge on any atom is 0.280 e. The molecule has 24 heavy (non-hydrogen) atoms. The minimum absolute atomic E-state index is 0.0890. The van der Waals surface area contributed by atoms with Crippen LogP contribution in [0.15, 0.2) is 58.1 Å². The quantitative estimate of drug-likeness (QED) is 0.464. The van der Waals surface area contributed by atoms with Crippen molar-refractivity contribution in [2.75, 3.05) is 0 Å². The molecular weight excluding hydrogens is 378 g/mol. The predicted octanol–water partition coefficient (Wildman–Crippen LogP) is 3.27. The fraction of sp³-hybridized carbons (Fsp3) is 0.125. The van der Waals surface area contributed by atoms with Crippen LogP contribution in [-0.2, 0) is 4.79 Å². The van der Waals surface area contributed by atoms with E-state index >= 15 is 0 Å². The third-order valence-electron chi connectivity index (χ3n) is 2.99. The number of halogens is 1. The molecule has 0 bridgehead atoms. The van der Waals surface area contributed by atoms with Crippen LogP contribution in [0.2, 0.25) is 0 Å². The third-order valence-corrected chi connectivity index (χ3v) is 3.48. The number of nitro groups is 1. The van der Waals surface area contributed by atoms with Crippen LogP contribution < -0.4 is 10.2 Å². The molecule has 0 spiro atoms. The van der Waals surface area contributed by atoms with Crippen LogP contribution in [-0.4, -0.2) is 23.1 Å². The average Bonchev–Trinajstić information content (AvgIpc) is 2.55. The van der Waals surface area contributed by atoms with Crippen LogP contribution in [0.5, 0.6) is 5.75 Å². The second-order valence-corrected chi connectivity index (χ2v) is 5.68. The smallest absolute Gasteiger partial charge is 0.280 e. The van der Waals surface area contributed by atoms with Gasteiger partial charge in [0.25, 0.3) is 11.6 Å². The first-order valence-electron chi connectivity index (χ1n) is 6.96. The van der Waals surface area contributed by atoms with Crippen molar-refractivity contribution in [3.05, 3.63) is 68.7 Å². The van der Waals surface area contributed by atoms with Gasteiger partial charge < -0.3 is 4.74 Å². The van der Waals surface area contributed by atoms with E-state index in [0.29, 0.717) is 11.3 Å². The molecule has 7 nitrogen and oxygen atoms in total. The number of rotatable bonds is 6. The van der Waals surface area contributed by atoms with Gasteiger partial charge in [-0.3, -0.25) is 14.9 Å². The molecule has 0 saturated carbocycles. The summed E-state index contributed by atoms with van der Waals surface area (Å²) in [4.78, 5) is 22.3. The van der Waals surface area contributed by atoms with E-state index in [9.17, 15) is 14.9 Å². The Hall–Kier alpha value is -2.74. The zero-order valence-electron chi connectivity index (χ0n) is 12.7. The van der Waals surface area contributed by atoms with Crippen molar-refractivity contribution < 1.29 is 14.5 Å². The number of amides is 1. The minimum Gasteiger partial charge on any atom is -0.481 e. The Morgan fingerprint density at radius 1 is 1.33 bits per heavy atom. The molecule has 1 amide bonds. The first-order chi connectivity index (χ1) is 11.5. The van der Waals surface area contributed by atoms with Crippen LogP contribution in [0.3, 0.4) is 0 Å². The molecule has 2 aromatic carbocycles. The molecule has 2 rings (SSSR count). The standard InChI is InChI=1S/C16H14BrN3O4/c1-11(24-14-7-4-6-13(17)9-14)16(21)19-18-10-12-5-2-3-8-15(12)20(22)23/h2-11H,1H3,(H,19,21)/b18-10-/t11-/m0/s1. The van der Waals surface area contributed by atoms with Crippen LogP contribution in [0.1, 0.15) is 12.5 Å². The van der Waals surface area contributed by atoms with Gasteiger partial charge in [0.2, 0.25) is 0 Å². The van der Waals surface area contributed by atoms with Crippen molar-refractivity contribution >= 4 is 33.7 Å². The molecule has 2 aromatic rings. The highest BCUT2D eigenvalue weighted by Crippen LogP contribution is 2.19. The molecule has 0 heterocycles. The van der Waals surface area contributed by atoms with E-state index in [-0.39, 0.29) is 5.69 Å². The van der Waals surface area contributed by atoms with Crippen LogP contribution in [0, 0.1) is 10.1 Å². The molecule has 0 aliphatic carbocycles. The number of nitro benzene ring substituents is 1. The van der Waals surface area contributed by atoms with E-state index in [0.717, 1.165) is 4.47 Å². The van der Waals surface area contributed by atoms with Crippen LogP contribution >= 0.6 is 15.9 Å². The Balaban J connectivity index is 1.96. The van der Waals surface area contributed by atoms with Gasteiger partial charge in [-0.2, -0.15) is 5.10 Å². The van der Waals surface area contributed by atoms with Gasteiger partial charge in [-0.25, -0.2) is 5.43 Å². The molecule has 1 N–H and O–H groups in total. The monoisotopic (exact) mass is 391 g/mol. The van der Waals surface area contributed by atoms with Crippen molar-refractivity contribution in [1.82, 2.24) is 5.43 Å². The van der Waals surface area contributed by atoms with E-state index in [1.54, 1.807) is 37.3 Å². The highest BCUT2D eigenvalue weighted by molar-refractivity contribution is 9.10. The molecule has 0 fully saturated rings. The number of ether oxygens (including phenoxy) is 1. The summed E-state index contributed by atoms with van der Waals surface area (Å²) in [6.07, 6.45) is 0.448. The summed E-state index contributed by atoms with van der Waals surface area (Å²) >= 11 is 3.32. The normalized spacial score (nSPS) is 11.9. The Morgan fingerprint density at radius 3 is 2.79 bits per heavy atom. The SMILES string of the molecule is C[C@H](Oc1cccc(Br)c1)C(=O)N/N=C\c1ccccc1[N+](=O)[O-]. The van der Waals surface area contributed by atoms with Crippen molar-refractivity contribution in [2.24, 2.45) is 5.10 Å². The van der Waals surface area contributed by atoms with Crippen molar-refractivity contribution in [2.45, 2.75) is 13.0 Å². The largest absolute Gasteiger partial charge is 0.481 e. The lowest BCUT2D eigenvalue weighted by molar-refractivity contribution is -0.385. The number of nitrogens with zero attached hydrogens (tertiary/aromatic N) is 2. The summed E-state index contributed by atoms with van der Waals surface area (Å²) in [6.45, 7) is 1.58. The van der Waals surface area contributed by atoms with E-state index < -0.39 is 16.9 Å². The minimum atomic E-state index is -0.776. The van der Waals surface area contributed by atoms with E-state index in [1.807, 2.05) is 6.07 Å². The lowest BCUT2D eigenvalue weighted by Gasteiger charge is -2.12. The molecular formula is C16H14BrN3O4. The molecule has 124 valence electrons. The number of carbonyl (C=O) groups is 1. The van der Waals surface area contributed by atoms with Gasteiger partial charge >= 0.3 is 0 Å². The van der Waals surface area contributed by atoms with Gasteiger partial charge in [0, 0.05) is 10.5 Å². The lowest BCUT2D eigenvalue weighted by Crippen LogP contribution is -2.33. The van der Waals surface area contributed by atoms with E-state index in [1.165, 1.54) is 18.3 Å². The van der Waals surface area contributed by atoms with Crippen molar-refractivity contribution in [3.63, 3.8) is 0 Å². The fourth-order valence-corrected chi connectivity index (χ4v) is 2.20. The molecule has 0 unspecified atom stereocenters. The maximum absolute atomic E-state index is 11.9. The number of hydrogen-bond acceptors (Lipinski definition) is 5. The second kappa shape index (κ2) is 8.21. The average molecular weight is 392 g/mol. The summed E-state index contributed by atoms with van der Waals surface area (Å²) in [6, 6.07) is 13.2. The highest BCUT2D eigenvalue weighted by Gasteiger charge is 2.14. The number of hydrazone groups is 1. The van der Waals surface area contributed by atoms with E-state index in [4.69, 9.17) is 4.74 Å². The summed E-state index contributed by atoms with van der Waals surface area (Å²) in [5, 5.41) is 14.6. The van der Waals surface area contributed by atoms with E-state index in [2.05, 4.69) is 26.5 Å². The van der Waals surface area contributed by atoms with Gasteiger partial charge in [-0.05, 0) is 31.2 Å². The van der Waals surface area contributed by atoms with Crippen LogP contribution in [0.25, 0.3) is 0 Å². The zero-order chi connectivity index (χ0) is 17.5. The summed E-state index contributed by atoms with van der Waals surface area (Å²) in [5.74, 6) is 0.0690. The van der Waals surface area contributed by atoms with Crippen molar-refractivity contribution in [3.8, 4) is 5.75 Å². The lowest BCUT2D eigenvalue weighted by atomic mass is 10.2. The molecule has 8 heteroatoms. The Kier molecular flexibility index (Phi) is 6.02. The zero-order valence-corrected chi connectivity index (χ0v) is 14.3. The first kappa shape index (κ1) is 17.6. The number of hydrogen-bond donors (Lipinski definition) is 1. The Morgan fingerprint density at radius 2 is 2.08 bits per heavy atom. The first-order valence-corrected chi connectivity index (χ1v) is 7.75. The van der Waals surface area contributed by atoms with Crippen molar-refractivity contribution in [1.29, 1.82) is 0 Å². The van der Waals surface area contributed by atoms with Gasteiger partial charge in [0.15, 0.2) is 6.10 Å². The summed E-state index contributed by atoms with van der Waals surface area (Å²) in [7, 11) is 0. The van der Waals surface area contributed by atoms with Gasteiger partial charge in [0.1, 0.15) is 5.75 Å². The maximum atomic E-state index is 11.9. The number of para-hydroxylation sites is 1. The second-order valence-electron chi connectivity index (χ2n) is 4.77. The molecule has 0 saturated heterocycles. The number of carbonyl (C=O) groups excluding carboxylic acids is 1. The number of benzene rings is 2. The molecule has 0 aliphatic heterocycles. The molecule has 1 atom stereocenters. The number of nitrogens with one attached hydrogen (secondary N) is 1. The summed E-state index contributed by atoms with van der Waals surface area (Å²) in [5.41, 5.74) is 2.51. The van der Waals surface area contributed by atoms with Gasteiger partial charge in [-0.1, -0.05) is 34.1 Å². The Labute approximate surface area is 146 Å². The third kappa shape index (κ3) is 4.88. The van der Waals surface area contributed by atoms with Crippen LogP contribution in [0.4, 0.5) is 5.69 Å². The molecule has 0 aromatic heterocycles. The molecule has 0 radical (unpaired) electrons. The highest BCUT2D eigenvalue weighted by atomic mass is 79.9. The topological polar surface area (TPSA) is 93.8 Å².